The number of aromatic nitrogens is 2. The third-order valence-electron chi connectivity index (χ3n) is 10.1. The maximum atomic E-state index is 13.5. The van der Waals surface area contributed by atoms with Gasteiger partial charge in [0.05, 0.1) is 11.4 Å². The van der Waals surface area contributed by atoms with Gasteiger partial charge < -0.3 is 4.74 Å². The number of aryl methyl sites for hydroxylation is 1. The summed E-state index contributed by atoms with van der Waals surface area (Å²) in [5.74, 6) is 0.340. The Morgan fingerprint density at radius 1 is 0.543 bits per heavy atom. The number of carbonyl (C=O) groups is 1. The monoisotopic (exact) mass is 598 g/mol. The van der Waals surface area contributed by atoms with Crippen molar-refractivity contribution < 1.29 is 9.53 Å². The van der Waals surface area contributed by atoms with Crippen molar-refractivity contribution in [2.75, 3.05) is 0 Å². The van der Waals surface area contributed by atoms with Crippen molar-refractivity contribution in [2.45, 2.75) is 42.9 Å². The van der Waals surface area contributed by atoms with Crippen LogP contribution in [0.2, 0.25) is 0 Å². The van der Waals surface area contributed by atoms with Gasteiger partial charge in [0.15, 0.2) is 0 Å². The van der Waals surface area contributed by atoms with Crippen molar-refractivity contribution in [1.29, 1.82) is 0 Å². The van der Waals surface area contributed by atoms with Gasteiger partial charge in [-0.25, -0.2) is 0 Å². The maximum absolute atomic E-state index is 13.5. The molecule has 0 N–H and O–H groups in total. The van der Waals surface area contributed by atoms with E-state index in [1.165, 1.54) is 33.4 Å². The Morgan fingerprint density at radius 2 is 1.04 bits per heavy atom. The molecule has 0 radical (unpaired) electrons. The average Bonchev–Trinajstić information content (AvgIpc) is 3.55. The molecular formula is C42H34N2O2. The predicted molar refractivity (Wildman–Crippen MR) is 182 cm³/mol. The molecule has 2 aliphatic rings. The Labute approximate surface area is 269 Å². The second kappa shape index (κ2) is 11.5. The van der Waals surface area contributed by atoms with Crippen LogP contribution in [-0.2, 0) is 22.0 Å². The Hall–Kier alpha value is -5.35. The lowest BCUT2D eigenvalue weighted by molar-refractivity contribution is -0.134. The van der Waals surface area contributed by atoms with Crippen LogP contribution in [0, 0.1) is 0 Å². The Balaban J connectivity index is 1.30. The van der Waals surface area contributed by atoms with E-state index in [0.717, 1.165) is 36.2 Å². The number of para-hydroxylation sites is 1. The van der Waals surface area contributed by atoms with Crippen LogP contribution in [0.15, 0.2) is 146 Å². The van der Waals surface area contributed by atoms with Crippen molar-refractivity contribution in [2.24, 2.45) is 0 Å². The van der Waals surface area contributed by atoms with Gasteiger partial charge in [0, 0.05) is 40.8 Å². The largest absolute Gasteiger partial charge is 0.427 e. The summed E-state index contributed by atoms with van der Waals surface area (Å²) >= 11 is 0. The quantitative estimate of drug-likeness (QED) is 0.123. The van der Waals surface area contributed by atoms with E-state index in [-0.39, 0.29) is 17.8 Å². The molecule has 4 heteroatoms. The van der Waals surface area contributed by atoms with Gasteiger partial charge in [-0.3, -0.25) is 14.8 Å². The molecule has 2 aromatic heterocycles. The molecule has 2 unspecified atom stereocenters. The Kier molecular flexibility index (Phi) is 7.06. The summed E-state index contributed by atoms with van der Waals surface area (Å²) in [6.45, 7) is 0. The molecule has 0 saturated carbocycles. The lowest BCUT2D eigenvalue weighted by atomic mass is 9.59. The fourth-order valence-electron chi connectivity index (χ4n) is 8.12. The number of hydrogen-bond donors (Lipinski definition) is 0. The summed E-state index contributed by atoms with van der Waals surface area (Å²) in [6.07, 6.45) is 7.24. The molecule has 224 valence electrons. The van der Waals surface area contributed by atoms with Gasteiger partial charge >= 0.3 is 5.97 Å². The van der Waals surface area contributed by atoms with Crippen molar-refractivity contribution in [3.63, 3.8) is 0 Å². The third kappa shape index (κ3) is 4.64. The number of fused-ring (bicyclic) bond motifs is 6. The second-order valence-electron chi connectivity index (χ2n) is 12.5. The van der Waals surface area contributed by atoms with Gasteiger partial charge in [0.25, 0.3) is 0 Å². The molecular weight excluding hydrogens is 564 g/mol. The number of rotatable bonds is 9. The van der Waals surface area contributed by atoms with Crippen LogP contribution in [0.5, 0.6) is 5.75 Å². The van der Waals surface area contributed by atoms with Gasteiger partial charge in [0.2, 0.25) is 0 Å². The van der Waals surface area contributed by atoms with E-state index in [1.807, 2.05) is 48.8 Å². The highest BCUT2D eigenvalue weighted by Gasteiger charge is 2.53. The first-order chi connectivity index (χ1) is 22.7. The standard InChI is InChI=1S/C42H34N2O2/c45-38(46-31-15-5-2-6-16-31)24-26-42(35-20-10-8-18-33(35)40-37(42)22-12-28-44-40)29-41(25-23-30-13-3-1-4-14-30)34-19-9-7-17-32(34)39-36(41)21-11-27-43-39/h1-22,27-28H,23-26,29H2. The number of hydrogen-bond acceptors (Lipinski definition) is 4. The smallest absolute Gasteiger partial charge is 0.311 e. The number of ether oxygens (including phenoxy) is 1. The fourth-order valence-corrected chi connectivity index (χ4v) is 8.12. The first-order valence-corrected chi connectivity index (χ1v) is 16.1. The number of nitrogens with zero attached hydrogens (tertiary/aromatic N) is 2. The average molecular weight is 599 g/mol. The first kappa shape index (κ1) is 28.1. The van der Waals surface area contributed by atoms with Crippen molar-refractivity contribution in [3.8, 4) is 28.3 Å². The van der Waals surface area contributed by atoms with Crippen LogP contribution < -0.4 is 4.74 Å². The molecule has 8 rings (SSSR count). The van der Waals surface area contributed by atoms with Crippen LogP contribution in [0.25, 0.3) is 22.5 Å². The van der Waals surface area contributed by atoms with Gasteiger partial charge in [-0.1, -0.05) is 109 Å². The van der Waals surface area contributed by atoms with E-state index < -0.39 is 5.41 Å². The highest BCUT2D eigenvalue weighted by molar-refractivity contribution is 5.82. The van der Waals surface area contributed by atoms with E-state index in [2.05, 4.69) is 97.1 Å². The normalized spacial score (nSPS) is 18.7. The van der Waals surface area contributed by atoms with E-state index in [9.17, 15) is 4.79 Å². The summed E-state index contributed by atoms with van der Waals surface area (Å²) in [4.78, 5) is 23.4. The summed E-state index contributed by atoms with van der Waals surface area (Å²) in [6, 6.07) is 46.1. The summed E-state index contributed by atoms with van der Waals surface area (Å²) in [5, 5.41) is 0. The third-order valence-corrected chi connectivity index (χ3v) is 10.1. The molecule has 6 aromatic rings. The van der Waals surface area contributed by atoms with Crippen LogP contribution in [0.1, 0.15) is 53.5 Å². The van der Waals surface area contributed by atoms with Crippen molar-refractivity contribution in [1.82, 2.24) is 9.97 Å². The molecule has 0 bridgehead atoms. The molecule has 0 aliphatic heterocycles. The van der Waals surface area contributed by atoms with E-state index >= 15 is 0 Å². The van der Waals surface area contributed by atoms with Crippen molar-refractivity contribution >= 4 is 5.97 Å². The van der Waals surface area contributed by atoms with E-state index in [4.69, 9.17) is 14.7 Å². The number of carbonyl (C=O) groups excluding carboxylic acids is 1. The summed E-state index contributed by atoms with van der Waals surface area (Å²) in [5.41, 5.74) is 9.84. The molecule has 0 spiro atoms. The topological polar surface area (TPSA) is 52.1 Å². The molecule has 4 aromatic carbocycles. The van der Waals surface area contributed by atoms with Gasteiger partial charge in [-0.15, -0.1) is 0 Å². The Morgan fingerprint density at radius 3 is 1.65 bits per heavy atom. The molecule has 4 nitrogen and oxygen atoms in total. The zero-order valence-corrected chi connectivity index (χ0v) is 25.6. The number of pyridine rings is 2. The molecule has 2 aliphatic carbocycles. The van der Waals surface area contributed by atoms with Gasteiger partial charge in [0.1, 0.15) is 5.75 Å². The second-order valence-corrected chi connectivity index (χ2v) is 12.5. The minimum absolute atomic E-state index is 0.229. The molecule has 2 atom stereocenters. The maximum Gasteiger partial charge on any atom is 0.311 e. The van der Waals surface area contributed by atoms with Crippen LogP contribution in [0.4, 0.5) is 0 Å². The Bertz CT molecular complexity index is 1950. The van der Waals surface area contributed by atoms with E-state index in [0.29, 0.717) is 12.2 Å². The van der Waals surface area contributed by atoms with Crippen LogP contribution in [0.3, 0.4) is 0 Å². The highest BCUT2D eigenvalue weighted by atomic mass is 16.5. The number of esters is 1. The fraction of sp³-hybridized carbons (Fsp3) is 0.167. The zero-order valence-electron chi connectivity index (χ0n) is 25.6. The van der Waals surface area contributed by atoms with Gasteiger partial charge in [-0.05, 0) is 77.8 Å². The lowest BCUT2D eigenvalue weighted by Crippen LogP contribution is -2.39. The highest BCUT2D eigenvalue weighted by Crippen LogP contribution is 2.61. The molecule has 2 heterocycles. The van der Waals surface area contributed by atoms with E-state index in [1.54, 1.807) is 0 Å². The first-order valence-electron chi connectivity index (χ1n) is 16.1. The van der Waals surface area contributed by atoms with Crippen LogP contribution >= 0.6 is 0 Å². The molecule has 0 amide bonds. The van der Waals surface area contributed by atoms with Crippen LogP contribution in [-0.4, -0.2) is 15.9 Å². The predicted octanol–water partition coefficient (Wildman–Crippen LogP) is 9.12. The van der Waals surface area contributed by atoms with Crippen molar-refractivity contribution in [3.05, 3.63) is 174 Å². The summed E-state index contributed by atoms with van der Waals surface area (Å²) in [7, 11) is 0. The number of benzene rings is 4. The summed E-state index contributed by atoms with van der Waals surface area (Å²) < 4.78 is 5.84. The lowest BCUT2D eigenvalue weighted by Gasteiger charge is -2.42. The molecule has 0 saturated heterocycles. The molecule has 0 fully saturated rings. The minimum atomic E-state index is -0.489. The zero-order chi connectivity index (χ0) is 31.0. The minimum Gasteiger partial charge on any atom is -0.427 e. The van der Waals surface area contributed by atoms with Gasteiger partial charge in [-0.2, -0.15) is 0 Å². The molecule has 46 heavy (non-hydrogen) atoms. The SMILES string of the molecule is O=C(CCC1(CC2(CCc3ccccc3)c3ccccc3-c3ncccc32)c2ccccc2-c2ncccc21)Oc1ccccc1.